The molecule has 0 fully saturated rings. The van der Waals surface area contributed by atoms with Crippen molar-refractivity contribution >= 4 is 0 Å². The fourth-order valence-electron chi connectivity index (χ4n) is 0.892. The average molecular weight is 219 g/mol. The quantitative estimate of drug-likeness (QED) is 0.473. The van der Waals surface area contributed by atoms with Crippen LogP contribution in [0.25, 0.3) is 0 Å². The summed E-state index contributed by atoms with van der Waals surface area (Å²) in [4.78, 5) is 0. The average Bonchev–Trinajstić information content (AvgIpc) is 2.37. The lowest BCUT2D eigenvalue weighted by atomic mass is 10.1. The van der Waals surface area contributed by atoms with Crippen LogP contribution in [-0.4, -0.2) is 21.1 Å². The third kappa shape index (κ3) is 58.2. The molecule has 0 rings (SSSR count). The Hall–Kier alpha value is -0.380. The van der Waals surface area contributed by atoms with E-state index in [9.17, 15) is 0 Å². The molecule has 0 aliphatic heterocycles. The molecule has 15 heavy (non-hydrogen) atoms. The maximum Gasteiger partial charge on any atom is -0.0195 e. The van der Waals surface area contributed by atoms with Gasteiger partial charge in [-0.15, -0.1) is 6.58 Å². The zero-order valence-electron chi connectivity index (χ0n) is 11.3. The van der Waals surface area contributed by atoms with E-state index in [4.69, 9.17) is 0 Å². The van der Waals surface area contributed by atoms with E-state index >= 15 is 0 Å². The van der Waals surface area contributed by atoms with Crippen molar-refractivity contribution in [2.75, 3.05) is 21.1 Å². The van der Waals surface area contributed by atoms with Gasteiger partial charge in [-0.1, -0.05) is 38.7 Å². The second kappa shape index (κ2) is 49.5. The topological polar surface area (TPSA) is 78.1 Å². The summed E-state index contributed by atoms with van der Waals surface area (Å²) in [5.74, 6) is 0. The summed E-state index contributed by atoms with van der Waals surface area (Å²) in [5, 5.41) is 0. The molecule has 6 N–H and O–H groups in total. The molecule has 0 aromatic heterocycles. The van der Waals surface area contributed by atoms with Crippen molar-refractivity contribution in [3.05, 3.63) is 12.7 Å². The van der Waals surface area contributed by atoms with E-state index in [2.05, 4.69) is 30.7 Å². The van der Waals surface area contributed by atoms with E-state index < -0.39 is 0 Å². The van der Waals surface area contributed by atoms with E-state index in [1.165, 1.54) is 59.7 Å². The van der Waals surface area contributed by atoms with Crippen LogP contribution in [0.5, 0.6) is 0 Å². The molecule has 0 aliphatic carbocycles. The van der Waals surface area contributed by atoms with Crippen molar-refractivity contribution in [3.63, 3.8) is 0 Å². The van der Waals surface area contributed by atoms with Gasteiger partial charge in [-0.3, -0.25) is 0 Å². The van der Waals surface area contributed by atoms with Crippen LogP contribution in [0.1, 0.15) is 45.4 Å². The lowest BCUT2D eigenvalue weighted by Gasteiger charge is -1.94. The molecular weight excluding hydrogens is 186 g/mol. The normalized spacial score (nSPS) is 6.87. The van der Waals surface area contributed by atoms with Crippen LogP contribution in [0.2, 0.25) is 0 Å². The molecule has 3 heteroatoms. The van der Waals surface area contributed by atoms with Crippen molar-refractivity contribution < 1.29 is 0 Å². The number of hydrogen-bond acceptors (Lipinski definition) is 3. The lowest BCUT2D eigenvalue weighted by Crippen LogP contribution is -1.74. The van der Waals surface area contributed by atoms with Gasteiger partial charge in [-0.25, -0.2) is 0 Å². The molecular formula is C12H33N3. The predicted octanol–water partition coefficient (Wildman–Crippen LogP) is 2.26. The summed E-state index contributed by atoms with van der Waals surface area (Å²) in [6, 6.07) is 0. The Bertz CT molecular complexity index is 65.9. The first-order chi connectivity index (χ1) is 7.41. The highest BCUT2D eigenvalue weighted by molar-refractivity contribution is 4.65. The largest absolute Gasteiger partial charge is 0.333 e. The highest BCUT2D eigenvalue weighted by Gasteiger charge is 1.84. The van der Waals surface area contributed by atoms with E-state index in [-0.39, 0.29) is 0 Å². The summed E-state index contributed by atoms with van der Waals surface area (Å²) in [5.41, 5.74) is 13.5. The molecule has 0 spiro atoms. The van der Waals surface area contributed by atoms with Crippen LogP contribution in [0.15, 0.2) is 12.7 Å². The molecule has 0 heterocycles. The summed E-state index contributed by atoms with van der Waals surface area (Å²) in [6.07, 6.45) is 10.1. The SMILES string of the molecule is C=CCCCCCCC.CN.CN.CN. The van der Waals surface area contributed by atoms with Crippen LogP contribution in [0.4, 0.5) is 0 Å². The number of rotatable bonds is 6. The fraction of sp³-hybridized carbons (Fsp3) is 0.833. The Kier molecular flexibility index (Phi) is 79.3. The van der Waals surface area contributed by atoms with E-state index in [1.54, 1.807) is 0 Å². The van der Waals surface area contributed by atoms with Gasteiger partial charge in [-0.2, -0.15) is 0 Å². The Morgan fingerprint density at radius 3 is 1.53 bits per heavy atom. The van der Waals surface area contributed by atoms with Gasteiger partial charge in [0.25, 0.3) is 0 Å². The van der Waals surface area contributed by atoms with E-state index in [1.807, 2.05) is 6.08 Å². The highest BCUT2D eigenvalue weighted by Crippen LogP contribution is 2.04. The Balaban J connectivity index is -0.0000000860. The van der Waals surface area contributed by atoms with Crippen LogP contribution in [0, 0.1) is 0 Å². The minimum Gasteiger partial charge on any atom is -0.333 e. The zero-order chi connectivity index (χ0) is 12.9. The molecule has 0 aliphatic rings. The summed E-state index contributed by atoms with van der Waals surface area (Å²) in [7, 11) is 4.50. The van der Waals surface area contributed by atoms with Gasteiger partial charge >= 0.3 is 0 Å². The molecule has 0 atom stereocenters. The smallest absolute Gasteiger partial charge is 0.0195 e. The maximum atomic E-state index is 4.50. The standard InChI is InChI=1S/C9H18.3CH5N/c1-3-5-7-9-8-6-4-2;3*1-2/h3H,1,4-9H2,2H3;3*2H2,1H3. The van der Waals surface area contributed by atoms with Crippen LogP contribution >= 0.6 is 0 Å². The van der Waals surface area contributed by atoms with Gasteiger partial charge in [0.1, 0.15) is 0 Å². The molecule has 0 aromatic rings. The number of allylic oxidation sites excluding steroid dienone is 1. The number of unbranched alkanes of at least 4 members (excludes halogenated alkanes) is 5. The van der Waals surface area contributed by atoms with E-state index in [0.717, 1.165) is 0 Å². The summed E-state index contributed by atoms with van der Waals surface area (Å²) in [6.45, 7) is 5.92. The predicted molar refractivity (Wildman–Crippen MR) is 73.9 cm³/mol. The first kappa shape index (κ1) is 24.0. The zero-order valence-corrected chi connectivity index (χ0v) is 11.3. The first-order valence-electron chi connectivity index (χ1n) is 5.76. The van der Waals surface area contributed by atoms with Gasteiger partial charge in [-0.05, 0) is 34.0 Å². The second-order valence-electron chi connectivity index (χ2n) is 2.49. The van der Waals surface area contributed by atoms with Crippen molar-refractivity contribution in [2.45, 2.75) is 45.4 Å². The third-order valence-corrected chi connectivity index (χ3v) is 1.51. The minimum atomic E-state index is 1.20. The van der Waals surface area contributed by atoms with E-state index in [0.29, 0.717) is 0 Å². The Morgan fingerprint density at radius 2 is 1.20 bits per heavy atom. The van der Waals surface area contributed by atoms with Crippen molar-refractivity contribution in [1.82, 2.24) is 0 Å². The molecule has 0 amide bonds. The van der Waals surface area contributed by atoms with Crippen molar-refractivity contribution in [1.29, 1.82) is 0 Å². The molecule has 96 valence electrons. The van der Waals surface area contributed by atoms with Crippen molar-refractivity contribution in [3.8, 4) is 0 Å². The summed E-state index contributed by atoms with van der Waals surface area (Å²) >= 11 is 0. The molecule has 0 radical (unpaired) electrons. The first-order valence-corrected chi connectivity index (χ1v) is 5.76. The van der Waals surface area contributed by atoms with Gasteiger partial charge in [0.05, 0.1) is 0 Å². The lowest BCUT2D eigenvalue weighted by molar-refractivity contribution is 0.638. The molecule has 3 nitrogen and oxygen atoms in total. The molecule has 0 saturated heterocycles. The molecule has 0 bridgehead atoms. The third-order valence-electron chi connectivity index (χ3n) is 1.51. The van der Waals surface area contributed by atoms with Gasteiger partial charge in [0.2, 0.25) is 0 Å². The molecule has 0 saturated carbocycles. The number of hydrogen-bond donors (Lipinski definition) is 3. The molecule has 0 unspecified atom stereocenters. The van der Waals surface area contributed by atoms with Crippen LogP contribution in [-0.2, 0) is 0 Å². The Morgan fingerprint density at radius 1 is 0.800 bits per heavy atom. The monoisotopic (exact) mass is 219 g/mol. The van der Waals surface area contributed by atoms with Crippen LogP contribution in [0.3, 0.4) is 0 Å². The number of nitrogens with two attached hydrogens (primary N) is 3. The van der Waals surface area contributed by atoms with Gasteiger partial charge in [0.15, 0.2) is 0 Å². The summed E-state index contributed by atoms with van der Waals surface area (Å²) < 4.78 is 0. The second-order valence-corrected chi connectivity index (χ2v) is 2.49. The minimum absolute atomic E-state index is 1.20. The fourth-order valence-corrected chi connectivity index (χ4v) is 0.892. The van der Waals surface area contributed by atoms with Crippen LogP contribution < -0.4 is 17.2 Å². The highest BCUT2D eigenvalue weighted by atomic mass is 14.4. The van der Waals surface area contributed by atoms with Crippen molar-refractivity contribution in [2.24, 2.45) is 17.2 Å². The molecule has 0 aromatic carbocycles. The van der Waals surface area contributed by atoms with Gasteiger partial charge in [0, 0.05) is 0 Å². The maximum absolute atomic E-state index is 4.50. The Labute approximate surface area is 97.1 Å². The van der Waals surface area contributed by atoms with Gasteiger partial charge < -0.3 is 17.2 Å².